The first-order valence-corrected chi connectivity index (χ1v) is 7.29. The maximum atomic E-state index is 12.6. The lowest BCUT2D eigenvalue weighted by molar-refractivity contribution is -0.161. The predicted molar refractivity (Wildman–Crippen MR) is 79.7 cm³/mol. The number of carboxylic acids is 1. The minimum Gasteiger partial charge on any atom is -0.480 e. The lowest BCUT2D eigenvalue weighted by Gasteiger charge is -2.42. The summed E-state index contributed by atoms with van der Waals surface area (Å²) in [5.74, 6) is -1.23. The van der Waals surface area contributed by atoms with Gasteiger partial charge < -0.3 is 15.7 Å². The molecule has 3 N–H and O–H groups in total. The van der Waals surface area contributed by atoms with Crippen LogP contribution in [-0.2, 0) is 16.0 Å². The summed E-state index contributed by atoms with van der Waals surface area (Å²) in [5, 5.41) is 9.45. The summed E-state index contributed by atoms with van der Waals surface area (Å²) in [6.07, 6.45) is 2.55. The second kappa shape index (κ2) is 6.26. The lowest BCUT2D eigenvalue weighted by Crippen LogP contribution is -2.61. The first kappa shape index (κ1) is 15.5. The second-order valence-electron chi connectivity index (χ2n) is 5.82. The number of rotatable bonds is 4. The Hall–Kier alpha value is -1.88. The number of hydrogen-bond acceptors (Lipinski definition) is 3. The maximum Gasteiger partial charge on any atom is 0.329 e. The molecule has 1 heterocycles. The first-order chi connectivity index (χ1) is 9.95. The van der Waals surface area contributed by atoms with Crippen LogP contribution in [0.25, 0.3) is 0 Å². The van der Waals surface area contributed by atoms with Gasteiger partial charge in [-0.3, -0.25) is 4.79 Å². The van der Waals surface area contributed by atoms with Gasteiger partial charge in [-0.2, -0.15) is 0 Å². The molecule has 0 spiro atoms. The summed E-state index contributed by atoms with van der Waals surface area (Å²) >= 11 is 0. The largest absolute Gasteiger partial charge is 0.480 e. The third-order valence-electron chi connectivity index (χ3n) is 4.23. The van der Waals surface area contributed by atoms with Crippen molar-refractivity contribution >= 4 is 11.9 Å². The molecule has 5 heteroatoms. The Morgan fingerprint density at radius 2 is 2.00 bits per heavy atom. The van der Waals surface area contributed by atoms with E-state index < -0.39 is 17.6 Å². The van der Waals surface area contributed by atoms with Crippen molar-refractivity contribution in [2.75, 3.05) is 6.54 Å². The molecular formula is C16H22N2O3. The van der Waals surface area contributed by atoms with Gasteiger partial charge in [-0.1, -0.05) is 30.3 Å². The van der Waals surface area contributed by atoms with Crippen molar-refractivity contribution in [2.45, 2.75) is 44.2 Å². The molecule has 0 radical (unpaired) electrons. The quantitative estimate of drug-likeness (QED) is 0.878. The first-order valence-electron chi connectivity index (χ1n) is 7.29. The SMILES string of the molecule is CC1(C(=O)O)CCCCN1C(=O)[C@@H](N)Cc1ccccc1. The third kappa shape index (κ3) is 3.24. The van der Waals surface area contributed by atoms with Crippen molar-refractivity contribution in [1.82, 2.24) is 4.90 Å². The average Bonchev–Trinajstić information content (AvgIpc) is 2.48. The molecule has 0 aliphatic carbocycles. The number of nitrogens with two attached hydrogens (primary N) is 1. The number of piperidine rings is 1. The highest BCUT2D eigenvalue weighted by Gasteiger charge is 2.44. The van der Waals surface area contributed by atoms with Crippen LogP contribution in [0.4, 0.5) is 0 Å². The Bertz CT molecular complexity index is 518. The van der Waals surface area contributed by atoms with Crippen LogP contribution in [0.15, 0.2) is 30.3 Å². The standard InChI is InChI=1S/C16H22N2O3/c1-16(15(20)21)9-5-6-10-18(16)14(19)13(17)11-12-7-3-2-4-8-12/h2-4,7-8,13H,5-6,9-11,17H2,1H3,(H,20,21)/t13-,16?/m0/s1. The summed E-state index contributed by atoms with van der Waals surface area (Å²) in [6, 6.07) is 8.83. The van der Waals surface area contributed by atoms with Gasteiger partial charge in [-0.25, -0.2) is 4.79 Å². The molecule has 2 rings (SSSR count). The fourth-order valence-electron chi connectivity index (χ4n) is 2.85. The Kier molecular flexibility index (Phi) is 4.63. The highest BCUT2D eigenvalue weighted by atomic mass is 16.4. The molecule has 0 bridgehead atoms. The molecule has 1 aromatic carbocycles. The van der Waals surface area contributed by atoms with Crippen LogP contribution in [0, 0.1) is 0 Å². The molecule has 5 nitrogen and oxygen atoms in total. The summed E-state index contributed by atoms with van der Waals surface area (Å²) in [7, 11) is 0. The van der Waals surface area contributed by atoms with E-state index >= 15 is 0 Å². The molecule has 1 fully saturated rings. The fraction of sp³-hybridized carbons (Fsp3) is 0.500. The van der Waals surface area contributed by atoms with Gasteiger partial charge in [0.25, 0.3) is 0 Å². The van der Waals surface area contributed by atoms with Gasteiger partial charge in [0.15, 0.2) is 0 Å². The number of carbonyl (C=O) groups is 2. The Morgan fingerprint density at radius 3 is 2.62 bits per heavy atom. The molecule has 114 valence electrons. The smallest absolute Gasteiger partial charge is 0.329 e. The van der Waals surface area contributed by atoms with Crippen molar-refractivity contribution in [1.29, 1.82) is 0 Å². The van der Waals surface area contributed by atoms with E-state index in [1.54, 1.807) is 6.92 Å². The zero-order valence-electron chi connectivity index (χ0n) is 12.3. The minimum atomic E-state index is -1.14. The highest BCUT2D eigenvalue weighted by Crippen LogP contribution is 2.29. The molecule has 0 saturated carbocycles. The van der Waals surface area contributed by atoms with Crippen molar-refractivity contribution in [3.8, 4) is 0 Å². The minimum absolute atomic E-state index is 0.275. The highest BCUT2D eigenvalue weighted by molar-refractivity contribution is 5.89. The number of nitrogens with zero attached hydrogens (tertiary/aromatic N) is 1. The monoisotopic (exact) mass is 290 g/mol. The van der Waals surface area contributed by atoms with Gasteiger partial charge in [0.05, 0.1) is 6.04 Å². The maximum absolute atomic E-state index is 12.6. The zero-order chi connectivity index (χ0) is 15.5. The number of carboxylic acid groups (broad SMARTS) is 1. The number of benzene rings is 1. The Labute approximate surface area is 124 Å². The van der Waals surface area contributed by atoms with Crippen LogP contribution >= 0.6 is 0 Å². The molecule has 2 atom stereocenters. The van der Waals surface area contributed by atoms with Gasteiger partial charge >= 0.3 is 5.97 Å². The molecule has 1 aliphatic rings. The number of aliphatic carboxylic acids is 1. The summed E-state index contributed by atoms with van der Waals surface area (Å²) in [5.41, 5.74) is 5.86. The number of hydrogen-bond donors (Lipinski definition) is 2. The van der Waals surface area contributed by atoms with Crippen LogP contribution in [-0.4, -0.2) is 40.0 Å². The molecule has 1 unspecified atom stereocenters. The van der Waals surface area contributed by atoms with E-state index in [0.717, 1.165) is 18.4 Å². The molecule has 1 amide bonds. The van der Waals surface area contributed by atoms with E-state index in [9.17, 15) is 14.7 Å². The van der Waals surface area contributed by atoms with E-state index in [0.29, 0.717) is 19.4 Å². The van der Waals surface area contributed by atoms with E-state index in [-0.39, 0.29) is 5.91 Å². The zero-order valence-corrected chi connectivity index (χ0v) is 12.3. The van der Waals surface area contributed by atoms with Crippen LogP contribution in [0.2, 0.25) is 0 Å². The van der Waals surface area contributed by atoms with Crippen molar-refractivity contribution in [2.24, 2.45) is 5.73 Å². The van der Waals surface area contributed by atoms with Crippen LogP contribution < -0.4 is 5.73 Å². The van der Waals surface area contributed by atoms with Gasteiger partial charge in [0.1, 0.15) is 5.54 Å². The summed E-state index contributed by atoms with van der Waals surface area (Å²) in [6.45, 7) is 2.08. The number of carbonyl (C=O) groups excluding carboxylic acids is 1. The molecule has 1 saturated heterocycles. The molecule has 0 aromatic heterocycles. The van der Waals surface area contributed by atoms with E-state index in [1.807, 2.05) is 30.3 Å². The molecule has 1 aromatic rings. The molecular weight excluding hydrogens is 268 g/mol. The second-order valence-corrected chi connectivity index (χ2v) is 5.82. The predicted octanol–water partition coefficient (Wildman–Crippen LogP) is 1.41. The van der Waals surface area contributed by atoms with Gasteiger partial charge in [0.2, 0.25) is 5.91 Å². The van der Waals surface area contributed by atoms with Gasteiger partial charge in [-0.15, -0.1) is 0 Å². The van der Waals surface area contributed by atoms with Crippen LogP contribution in [0.3, 0.4) is 0 Å². The normalized spacial score (nSPS) is 23.6. The Balaban J connectivity index is 2.12. The van der Waals surface area contributed by atoms with Gasteiger partial charge in [0, 0.05) is 6.54 Å². The number of likely N-dealkylation sites (tertiary alicyclic amines) is 1. The van der Waals surface area contributed by atoms with E-state index in [1.165, 1.54) is 4.90 Å². The average molecular weight is 290 g/mol. The summed E-state index contributed by atoms with van der Waals surface area (Å²) in [4.78, 5) is 25.5. The number of amides is 1. The summed E-state index contributed by atoms with van der Waals surface area (Å²) < 4.78 is 0. The lowest BCUT2D eigenvalue weighted by atomic mass is 9.87. The topological polar surface area (TPSA) is 83.6 Å². The molecule has 1 aliphatic heterocycles. The van der Waals surface area contributed by atoms with Gasteiger partial charge in [-0.05, 0) is 38.2 Å². The van der Waals surface area contributed by atoms with Crippen molar-refractivity contribution in [3.05, 3.63) is 35.9 Å². The van der Waals surface area contributed by atoms with Crippen molar-refractivity contribution < 1.29 is 14.7 Å². The molecule has 21 heavy (non-hydrogen) atoms. The van der Waals surface area contributed by atoms with Crippen molar-refractivity contribution in [3.63, 3.8) is 0 Å². The fourth-order valence-corrected chi connectivity index (χ4v) is 2.85. The van der Waals surface area contributed by atoms with E-state index in [4.69, 9.17) is 5.73 Å². The van der Waals surface area contributed by atoms with E-state index in [2.05, 4.69) is 0 Å². The Morgan fingerprint density at radius 1 is 1.33 bits per heavy atom. The third-order valence-corrected chi connectivity index (χ3v) is 4.23. The van der Waals surface area contributed by atoms with Crippen LogP contribution in [0.5, 0.6) is 0 Å². The van der Waals surface area contributed by atoms with Crippen LogP contribution in [0.1, 0.15) is 31.7 Å².